The molecule has 0 aliphatic heterocycles. The summed E-state index contributed by atoms with van der Waals surface area (Å²) in [6.07, 6.45) is 2.81. The SMILES string of the molecule is CCC(C)N(CCc1nc(-c2ccc(Cl)cc2)no1)C(=O)c1ccco1. The molecule has 3 rings (SSSR count). The van der Waals surface area contributed by atoms with Crippen LogP contribution >= 0.6 is 11.6 Å². The molecule has 7 heteroatoms. The van der Waals surface area contributed by atoms with Crippen LogP contribution in [-0.2, 0) is 6.42 Å². The summed E-state index contributed by atoms with van der Waals surface area (Å²) in [5.41, 5.74) is 0.829. The number of carbonyl (C=O) groups is 1. The van der Waals surface area contributed by atoms with E-state index in [1.807, 2.05) is 26.0 Å². The zero-order valence-electron chi connectivity index (χ0n) is 14.7. The lowest BCUT2D eigenvalue weighted by atomic mass is 10.2. The second-order valence-electron chi connectivity index (χ2n) is 6.00. The molecule has 0 bridgehead atoms. The Hall–Kier alpha value is -2.60. The summed E-state index contributed by atoms with van der Waals surface area (Å²) in [4.78, 5) is 18.8. The van der Waals surface area contributed by atoms with Crippen molar-refractivity contribution < 1.29 is 13.7 Å². The number of amides is 1. The number of furan rings is 1. The third-order valence-corrected chi connectivity index (χ3v) is 4.50. The zero-order chi connectivity index (χ0) is 18.5. The minimum Gasteiger partial charge on any atom is -0.459 e. The number of benzene rings is 1. The number of aromatic nitrogens is 2. The Morgan fingerprint density at radius 1 is 1.27 bits per heavy atom. The third-order valence-electron chi connectivity index (χ3n) is 4.25. The van der Waals surface area contributed by atoms with E-state index in [1.54, 1.807) is 29.2 Å². The second-order valence-corrected chi connectivity index (χ2v) is 6.44. The number of rotatable bonds is 7. The highest BCUT2D eigenvalue weighted by molar-refractivity contribution is 6.30. The molecular formula is C19H20ClN3O3. The van der Waals surface area contributed by atoms with Gasteiger partial charge in [0.1, 0.15) is 0 Å². The van der Waals surface area contributed by atoms with E-state index >= 15 is 0 Å². The lowest BCUT2D eigenvalue weighted by Gasteiger charge is -2.27. The first-order valence-electron chi connectivity index (χ1n) is 8.51. The fourth-order valence-electron chi connectivity index (χ4n) is 2.57. The molecule has 1 atom stereocenters. The van der Waals surface area contributed by atoms with Crippen molar-refractivity contribution in [1.29, 1.82) is 0 Å². The average Bonchev–Trinajstić information content (AvgIpc) is 3.34. The molecule has 136 valence electrons. The first-order valence-corrected chi connectivity index (χ1v) is 8.89. The van der Waals surface area contributed by atoms with Gasteiger partial charge in [0, 0.05) is 29.6 Å². The molecule has 3 aromatic rings. The molecule has 26 heavy (non-hydrogen) atoms. The van der Waals surface area contributed by atoms with Gasteiger partial charge in [0.05, 0.1) is 6.26 Å². The minimum atomic E-state index is -0.137. The van der Waals surface area contributed by atoms with E-state index in [0.717, 1.165) is 12.0 Å². The van der Waals surface area contributed by atoms with Gasteiger partial charge in [-0.25, -0.2) is 0 Å². The van der Waals surface area contributed by atoms with E-state index in [9.17, 15) is 4.79 Å². The van der Waals surface area contributed by atoms with Crippen molar-refractivity contribution in [2.75, 3.05) is 6.54 Å². The minimum absolute atomic E-state index is 0.0752. The first-order chi connectivity index (χ1) is 12.6. The summed E-state index contributed by atoms with van der Waals surface area (Å²) < 4.78 is 10.6. The summed E-state index contributed by atoms with van der Waals surface area (Å²) in [7, 11) is 0. The average molecular weight is 374 g/mol. The maximum absolute atomic E-state index is 12.6. The highest BCUT2D eigenvalue weighted by Gasteiger charge is 2.23. The van der Waals surface area contributed by atoms with Crippen LogP contribution in [0.25, 0.3) is 11.4 Å². The van der Waals surface area contributed by atoms with E-state index in [2.05, 4.69) is 10.1 Å². The quantitative estimate of drug-likeness (QED) is 0.611. The molecule has 6 nitrogen and oxygen atoms in total. The van der Waals surface area contributed by atoms with Gasteiger partial charge < -0.3 is 13.8 Å². The van der Waals surface area contributed by atoms with Crippen LogP contribution in [0, 0.1) is 0 Å². The van der Waals surface area contributed by atoms with Gasteiger partial charge in [-0.3, -0.25) is 4.79 Å². The molecule has 0 aliphatic carbocycles. The van der Waals surface area contributed by atoms with Gasteiger partial charge >= 0.3 is 0 Å². The molecule has 0 saturated heterocycles. The van der Waals surface area contributed by atoms with Crippen molar-refractivity contribution >= 4 is 17.5 Å². The fourth-order valence-corrected chi connectivity index (χ4v) is 2.70. The largest absolute Gasteiger partial charge is 0.459 e. The molecule has 2 heterocycles. The molecule has 0 N–H and O–H groups in total. The number of carbonyl (C=O) groups excluding carboxylic acids is 1. The van der Waals surface area contributed by atoms with E-state index in [4.69, 9.17) is 20.5 Å². The van der Waals surface area contributed by atoms with Crippen molar-refractivity contribution in [3.63, 3.8) is 0 Å². The normalized spacial score (nSPS) is 12.1. The Kier molecular flexibility index (Phi) is 5.73. The standard InChI is InChI=1S/C19H20ClN3O3/c1-3-13(2)23(19(24)16-5-4-12-25-16)11-10-17-21-18(22-26-17)14-6-8-15(20)9-7-14/h4-9,12-13H,3,10-11H2,1-2H3. The molecule has 0 spiro atoms. The Bertz CT molecular complexity index is 843. The van der Waals surface area contributed by atoms with Crippen LogP contribution in [0.3, 0.4) is 0 Å². The van der Waals surface area contributed by atoms with Gasteiger partial charge in [-0.15, -0.1) is 0 Å². The Labute approximate surface area is 156 Å². The van der Waals surface area contributed by atoms with Crippen LogP contribution in [0.1, 0.15) is 36.7 Å². The second kappa shape index (κ2) is 8.19. The fraction of sp³-hybridized carbons (Fsp3) is 0.316. The van der Waals surface area contributed by atoms with Crippen LogP contribution in [-0.4, -0.2) is 33.5 Å². The van der Waals surface area contributed by atoms with Gasteiger partial charge in [0.15, 0.2) is 5.76 Å². The van der Waals surface area contributed by atoms with E-state index < -0.39 is 0 Å². The molecule has 2 aromatic heterocycles. The third kappa shape index (κ3) is 4.14. The summed E-state index contributed by atoms with van der Waals surface area (Å²) in [6.45, 7) is 4.52. The topological polar surface area (TPSA) is 72.4 Å². The van der Waals surface area contributed by atoms with Crippen LogP contribution in [0.4, 0.5) is 0 Å². The van der Waals surface area contributed by atoms with Crippen molar-refractivity contribution in [3.05, 3.63) is 59.3 Å². The van der Waals surface area contributed by atoms with Crippen LogP contribution in [0.5, 0.6) is 0 Å². The van der Waals surface area contributed by atoms with Gasteiger partial charge in [-0.1, -0.05) is 23.7 Å². The predicted molar refractivity (Wildman–Crippen MR) is 97.9 cm³/mol. The lowest BCUT2D eigenvalue weighted by molar-refractivity contribution is 0.0654. The van der Waals surface area contributed by atoms with Gasteiger partial charge in [-0.2, -0.15) is 4.98 Å². The molecule has 0 radical (unpaired) electrons. The molecule has 1 amide bonds. The van der Waals surface area contributed by atoms with Crippen molar-refractivity contribution in [2.45, 2.75) is 32.7 Å². The van der Waals surface area contributed by atoms with Gasteiger partial charge in [0.25, 0.3) is 5.91 Å². The molecule has 1 aromatic carbocycles. The molecule has 0 saturated carbocycles. The van der Waals surface area contributed by atoms with Crippen LogP contribution in [0.15, 0.2) is 51.6 Å². The van der Waals surface area contributed by atoms with E-state index in [1.165, 1.54) is 6.26 Å². The maximum atomic E-state index is 12.6. The predicted octanol–water partition coefficient (Wildman–Crippen LogP) is 4.47. The van der Waals surface area contributed by atoms with Gasteiger partial charge in [0.2, 0.25) is 11.7 Å². The smallest absolute Gasteiger partial charge is 0.289 e. The summed E-state index contributed by atoms with van der Waals surface area (Å²) >= 11 is 5.89. The number of halogens is 1. The number of nitrogens with zero attached hydrogens (tertiary/aromatic N) is 3. The Morgan fingerprint density at radius 2 is 2.04 bits per heavy atom. The summed E-state index contributed by atoms with van der Waals surface area (Å²) in [5.74, 6) is 1.18. The number of hydrogen-bond acceptors (Lipinski definition) is 5. The molecule has 1 unspecified atom stereocenters. The van der Waals surface area contributed by atoms with Crippen molar-refractivity contribution in [3.8, 4) is 11.4 Å². The molecule has 0 fully saturated rings. The van der Waals surface area contributed by atoms with Crippen molar-refractivity contribution in [2.24, 2.45) is 0 Å². The van der Waals surface area contributed by atoms with Gasteiger partial charge in [-0.05, 0) is 49.7 Å². The van der Waals surface area contributed by atoms with E-state index in [-0.39, 0.29) is 11.9 Å². The maximum Gasteiger partial charge on any atom is 0.289 e. The Balaban J connectivity index is 1.69. The van der Waals surface area contributed by atoms with Crippen LogP contribution < -0.4 is 0 Å². The first kappa shape index (κ1) is 18.2. The van der Waals surface area contributed by atoms with E-state index in [0.29, 0.717) is 35.5 Å². The molecule has 0 aliphatic rings. The zero-order valence-corrected chi connectivity index (χ0v) is 15.4. The van der Waals surface area contributed by atoms with Crippen LogP contribution in [0.2, 0.25) is 5.02 Å². The molecular weight excluding hydrogens is 354 g/mol. The monoisotopic (exact) mass is 373 g/mol. The highest BCUT2D eigenvalue weighted by Crippen LogP contribution is 2.19. The summed E-state index contributed by atoms with van der Waals surface area (Å²) in [5, 5.41) is 4.65. The van der Waals surface area contributed by atoms with Crippen molar-refractivity contribution in [1.82, 2.24) is 15.0 Å². The lowest BCUT2D eigenvalue weighted by Crippen LogP contribution is -2.39. The number of hydrogen-bond donors (Lipinski definition) is 0. The Morgan fingerprint density at radius 3 is 2.69 bits per heavy atom. The highest BCUT2D eigenvalue weighted by atomic mass is 35.5. The summed E-state index contributed by atoms with van der Waals surface area (Å²) in [6, 6.07) is 10.7.